The minimum absolute atomic E-state index is 0.0290. The fraction of sp³-hybridized carbons (Fsp3) is 0.800. The van der Waals surface area contributed by atoms with Crippen molar-refractivity contribution in [2.75, 3.05) is 0 Å². The van der Waals surface area contributed by atoms with Gasteiger partial charge in [0, 0.05) is 18.8 Å². The lowest BCUT2D eigenvalue weighted by Gasteiger charge is -2.64. The summed E-state index contributed by atoms with van der Waals surface area (Å²) in [4.78, 5) is 37.1. The van der Waals surface area contributed by atoms with E-state index in [1.54, 1.807) is 6.92 Å². The minimum atomic E-state index is -0.947. The summed E-state index contributed by atoms with van der Waals surface area (Å²) in [6.45, 7) is 5.32. The number of hydrogen-bond donors (Lipinski definition) is 0. The molecule has 4 saturated carbocycles. The van der Waals surface area contributed by atoms with Crippen molar-refractivity contribution in [2.45, 2.75) is 90.6 Å². The Balaban J connectivity index is 1.59. The molecule has 5 aliphatic carbocycles. The highest BCUT2D eigenvalue weighted by Gasteiger charge is 2.70. The van der Waals surface area contributed by atoms with Gasteiger partial charge in [-0.1, -0.05) is 25.3 Å². The Labute approximate surface area is 173 Å². The van der Waals surface area contributed by atoms with Gasteiger partial charge in [0.2, 0.25) is 0 Å². The summed E-state index contributed by atoms with van der Waals surface area (Å²) in [6, 6.07) is 0. The Kier molecular flexibility index (Phi) is 4.22. The minimum Gasteiger partial charge on any atom is -0.451 e. The van der Waals surface area contributed by atoms with Gasteiger partial charge in [-0.2, -0.15) is 0 Å². The number of carbonyl (C=O) groups excluding carboxylic acids is 3. The average Bonchev–Trinajstić information content (AvgIpc) is 2.95. The fourth-order valence-electron chi connectivity index (χ4n) is 9.20. The largest absolute Gasteiger partial charge is 0.451 e. The zero-order valence-electron chi connectivity index (χ0n) is 18.1. The SMILES string of the molecule is CC(=O)O[C@]1(C(C)=O)CC[C@H]2[C@@H]3CCC4=CC(=O)CCC45CCC[C@@H](C[C@@]21C)[C@@H]35. The van der Waals surface area contributed by atoms with Gasteiger partial charge in [0.05, 0.1) is 0 Å². The highest BCUT2D eigenvalue weighted by Crippen LogP contribution is 2.72. The van der Waals surface area contributed by atoms with E-state index in [2.05, 4.69) is 6.92 Å². The molecule has 0 radical (unpaired) electrons. The summed E-state index contributed by atoms with van der Waals surface area (Å²) >= 11 is 0. The molecular weight excluding hydrogens is 364 g/mol. The number of ketones is 2. The molecule has 7 atom stereocenters. The van der Waals surface area contributed by atoms with Gasteiger partial charge in [0.15, 0.2) is 17.2 Å². The van der Waals surface area contributed by atoms with Crippen LogP contribution in [0, 0.1) is 34.5 Å². The highest BCUT2D eigenvalue weighted by atomic mass is 16.6. The van der Waals surface area contributed by atoms with E-state index in [1.807, 2.05) is 6.08 Å². The van der Waals surface area contributed by atoms with E-state index in [-0.39, 0.29) is 22.6 Å². The second-order valence-corrected chi connectivity index (χ2v) is 10.9. The number of hydrogen-bond acceptors (Lipinski definition) is 4. The lowest BCUT2D eigenvalue weighted by Crippen LogP contribution is -2.62. The van der Waals surface area contributed by atoms with Gasteiger partial charge in [-0.25, -0.2) is 0 Å². The Morgan fingerprint density at radius 3 is 2.59 bits per heavy atom. The van der Waals surface area contributed by atoms with E-state index in [9.17, 15) is 14.4 Å². The molecule has 4 heteroatoms. The summed E-state index contributed by atoms with van der Waals surface area (Å²) in [5.41, 5.74) is 0.460. The van der Waals surface area contributed by atoms with Crippen molar-refractivity contribution in [1.29, 1.82) is 0 Å². The molecule has 0 N–H and O–H groups in total. The average molecular weight is 399 g/mol. The van der Waals surface area contributed by atoms with E-state index < -0.39 is 5.60 Å². The molecule has 5 aliphatic rings. The van der Waals surface area contributed by atoms with Gasteiger partial charge in [-0.05, 0) is 87.0 Å². The fourth-order valence-corrected chi connectivity index (χ4v) is 9.20. The smallest absolute Gasteiger partial charge is 0.303 e. The molecule has 4 nitrogen and oxygen atoms in total. The van der Waals surface area contributed by atoms with Crippen LogP contribution in [0.5, 0.6) is 0 Å². The number of ether oxygens (including phenoxy) is 1. The van der Waals surface area contributed by atoms with Crippen LogP contribution in [0.2, 0.25) is 0 Å². The molecule has 0 aromatic heterocycles. The molecule has 0 aromatic carbocycles. The zero-order chi connectivity index (χ0) is 20.6. The molecule has 0 bridgehead atoms. The van der Waals surface area contributed by atoms with Gasteiger partial charge >= 0.3 is 5.97 Å². The zero-order valence-corrected chi connectivity index (χ0v) is 18.1. The number of esters is 1. The lowest BCUT2D eigenvalue weighted by molar-refractivity contribution is -0.196. The summed E-state index contributed by atoms with van der Waals surface area (Å²) < 4.78 is 5.92. The van der Waals surface area contributed by atoms with Crippen LogP contribution in [-0.4, -0.2) is 23.1 Å². The Bertz CT molecular complexity index is 812. The van der Waals surface area contributed by atoms with Crippen LogP contribution in [0.1, 0.15) is 85.0 Å². The molecule has 0 aromatic rings. The molecule has 1 spiro atoms. The summed E-state index contributed by atoms with van der Waals surface area (Å²) in [6.07, 6.45) is 12.2. The van der Waals surface area contributed by atoms with Crippen LogP contribution in [0.25, 0.3) is 0 Å². The Morgan fingerprint density at radius 1 is 1.07 bits per heavy atom. The van der Waals surface area contributed by atoms with E-state index in [1.165, 1.54) is 31.8 Å². The van der Waals surface area contributed by atoms with Crippen molar-refractivity contribution < 1.29 is 19.1 Å². The third kappa shape index (κ3) is 2.41. The maximum absolute atomic E-state index is 12.9. The predicted molar refractivity (Wildman–Crippen MR) is 109 cm³/mol. The van der Waals surface area contributed by atoms with Crippen molar-refractivity contribution in [3.8, 4) is 0 Å². The van der Waals surface area contributed by atoms with E-state index in [4.69, 9.17) is 4.74 Å². The number of allylic oxidation sites excluding steroid dienone is 1. The third-order valence-corrected chi connectivity index (χ3v) is 9.98. The van der Waals surface area contributed by atoms with Crippen molar-refractivity contribution >= 4 is 17.5 Å². The molecular formula is C25H34O4. The lowest BCUT2D eigenvalue weighted by atomic mass is 9.40. The first-order chi connectivity index (χ1) is 13.7. The number of Topliss-reactive ketones (excluding diaryl/α,β-unsaturated/α-hetero) is 1. The van der Waals surface area contributed by atoms with Gasteiger partial charge in [-0.3, -0.25) is 14.4 Å². The van der Waals surface area contributed by atoms with Crippen molar-refractivity contribution in [3.63, 3.8) is 0 Å². The molecule has 0 heterocycles. The normalized spacial score (nSPS) is 48.1. The van der Waals surface area contributed by atoms with E-state index >= 15 is 0 Å². The van der Waals surface area contributed by atoms with Crippen molar-refractivity contribution in [3.05, 3.63) is 11.6 Å². The number of fused-ring (bicyclic) bond motifs is 2. The standard InChI is InChI=1S/C25H34O4/c1-15(26)25(29-16(2)27)12-9-21-20-7-6-18-13-19(28)8-11-24(18)10-4-5-17(22(20)24)14-23(21,25)3/h13,17,20-22H,4-12,14H2,1-3H3/t17-,20-,21-,22-,23-,24?,25-/m0/s1. The van der Waals surface area contributed by atoms with Crippen LogP contribution in [0.3, 0.4) is 0 Å². The first kappa shape index (κ1) is 19.5. The topological polar surface area (TPSA) is 60.4 Å². The Morgan fingerprint density at radius 2 is 1.86 bits per heavy atom. The van der Waals surface area contributed by atoms with Crippen LogP contribution in [0.4, 0.5) is 0 Å². The summed E-state index contributed by atoms with van der Waals surface area (Å²) in [7, 11) is 0. The molecule has 0 amide bonds. The third-order valence-electron chi connectivity index (χ3n) is 9.98. The molecule has 0 aliphatic heterocycles. The molecule has 0 saturated heterocycles. The highest BCUT2D eigenvalue weighted by molar-refractivity contribution is 5.92. The maximum atomic E-state index is 12.9. The number of carbonyl (C=O) groups is 3. The predicted octanol–water partition coefficient (Wildman–Crippen LogP) is 4.80. The van der Waals surface area contributed by atoms with Gasteiger partial charge in [0.25, 0.3) is 0 Å². The van der Waals surface area contributed by atoms with Crippen LogP contribution in [-0.2, 0) is 19.1 Å². The monoisotopic (exact) mass is 398 g/mol. The van der Waals surface area contributed by atoms with Crippen molar-refractivity contribution in [2.24, 2.45) is 34.5 Å². The van der Waals surface area contributed by atoms with Crippen LogP contribution >= 0.6 is 0 Å². The number of rotatable bonds is 2. The van der Waals surface area contributed by atoms with Crippen LogP contribution < -0.4 is 0 Å². The molecule has 1 unspecified atom stereocenters. The molecule has 29 heavy (non-hydrogen) atoms. The molecule has 158 valence electrons. The van der Waals surface area contributed by atoms with Gasteiger partial charge in [-0.15, -0.1) is 0 Å². The van der Waals surface area contributed by atoms with E-state index in [0.717, 1.165) is 32.1 Å². The second kappa shape index (κ2) is 6.28. The first-order valence-electron chi connectivity index (χ1n) is 11.7. The second-order valence-electron chi connectivity index (χ2n) is 10.9. The van der Waals surface area contributed by atoms with Crippen molar-refractivity contribution in [1.82, 2.24) is 0 Å². The molecule has 5 rings (SSSR count). The van der Waals surface area contributed by atoms with Crippen LogP contribution in [0.15, 0.2) is 11.6 Å². The van der Waals surface area contributed by atoms with Gasteiger partial charge < -0.3 is 4.74 Å². The quantitative estimate of drug-likeness (QED) is 0.627. The Hall–Kier alpha value is -1.45. The van der Waals surface area contributed by atoms with Gasteiger partial charge in [0.1, 0.15) is 0 Å². The summed E-state index contributed by atoms with van der Waals surface area (Å²) in [5, 5.41) is 0. The first-order valence-corrected chi connectivity index (χ1v) is 11.7. The van der Waals surface area contributed by atoms with E-state index in [0.29, 0.717) is 42.3 Å². The molecule has 4 fully saturated rings. The maximum Gasteiger partial charge on any atom is 0.303 e. The summed E-state index contributed by atoms with van der Waals surface area (Å²) in [5.74, 6) is 2.24.